The normalized spacial score (nSPS) is 8.88. The lowest BCUT2D eigenvalue weighted by Gasteiger charge is -1.82. The van der Waals surface area contributed by atoms with Crippen molar-refractivity contribution in [3.05, 3.63) is 48.7 Å². The van der Waals surface area contributed by atoms with Crippen LogP contribution in [0.15, 0.2) is 48.7 Å². The zero-order chi connectivity index (χ0) is 11.8. The summed E-state index contributed by atoms with van der Waals surface area (Å²) in [5, 5.41) is 14.0. The summed E-state index contributed by atoms with van der Waals surface area (Å²) in [5.74, 6) is 0.572. The number of fused-ring (bicyclic) bond motifs is 1. The van der Waals surface area contributed by atoms with E-state index in [2.05, 4.69) is 29.2 Å². The van der Waals surface area contributed by atoms with Crippen molar-refractivity contribution in [3.8, 4) is 11.1 Å². The summed E-state index contributed by atoms with van der Waals surface area (Å²) >= 11 is 0. The monoisotopic (exact) mass is 215 g/mol. The molecule has 1 aromatic rings. The second-order valence-corrected chi connectivity index (χ2v) is 2.95. The molecule has 1 aromatic heterocycles. The van der Waals surface area contributed by atoms with Gasteiger partial charge < -0.3 is 15.8 Å². The predicted octanol–water partition coefficient (Wildman–Crippen LogP) is 0.836. The number of rotatable bonds is 0. The van der Waals surface area contributed by atoms with Gasteiger partial charge in [-0.05, 0) is 29.3 Å². The molecule has 0 aromatic carbocycles. The molecule has 0 amide bonds. The molecule has 1 heterocycles. The molecule has 0 aliphatic heterocycles. The minimum atomic E-state index is 0. The van der Waals surface area contributed by atoms with E-state index in [-0.39, 0.29) is 7.69 Å². The molecule has 0 unspecified atom stereocenters. The van der Waals surface area contributed by atoms with E-state index in [1.807, 2.05) is 12.1 Å². The summed E-state index contributed by atoms with van der Waals surface area (Å²) < 4.78 is 0. The summed E-state index contributed by atoms with van der Waals surface area (Å²) in [6, 6.07) is 13.9. The largest absolute Gasteiger partial charge is 0.482 e. The van der Waals surface area contributed by atoms with Crippen molar-refractivity contribution in [2.75, 3.05) is 5.73 Å². The predicted molar refractivity (Wildman–Crippen MR) is 64.3 cm³/mol. The van der Waals surface area contributed by atoms with Crippen LogP contribution in [0.2, 0.25) is 0 Å². The third kappa shape index (κ3) is 4.59. The molecule has 0 saturated carbocycles. The number of benzene rings is 1. The minimum Gasteiger partial charge on any atom is -0.429 e. The van der Waals surface area contributed by atoms with Crippen molar-refractivity contribution in [1.29, 1.82) is 0 Å². The fourth-order valence-electron chi connectivity index (χ4n) is 1.05. The summed E-state index contributed by atoms with van der Waals surface area (Å²) in [5.41, 5.74) is 8.10. The van der Waals surface area contributed by atoms with Gasteiger partial charge in [-0.1, -0.05) is 24.3 Å². The first kappa shape index (κ1) is 12.2. The van der Waals surface area contributed by atoms with Gasteiger partial charge in [-0.15, -0.1) is 0 Å². The maximum atomic E-state index is 7.00. The number of pyridine rings is 1. The number of hydrogen-bond donors (Lipinski definition) is 3. The zero-order valence-corrected chi connectivity index (χ0v) is 8.62. The van der Waals surface area contributed by atoms with Crippen LogP contribution in [0, 0.1) is 0 Å². The molecule has 4 nitrogen and oxygen atoms in total. The van der Waals surface area contributed by atoms with Gasteiger partial charge in [0.15, 0.2) is 0 Å². The van der Waals surface area contributed by atoms with E-state index in [1.54, 1.807) is 12.3 Å². The highest BCUT2D eigenvalue weighted by Gasteiger charge is 2.06. The molecule has 0 bridgehead atoms. The molecule has 0 spiro atoms. The van der Waals surface area contributed by atoms with Gasteiger partial charge >= 0.3 is 7.69 Å². The van der Waals surface area contributed by atoms with Gasteiger partial charge in [0.1, 0.15) is 5.82 Å². The highest BCUT2D eigenvalue weighted by molar-refractivity contribution is 6.13. The fourth-order valence-corrected chi connectivity index (χ4v) is 1.05. The molecule has 0 fully saturated rings. The SMILES string of the molecule is Nc1ccccn1.O[B]O.c1cc2cc-2c1. The van der Waals surface area contributed by atoms with Crippen LogP contribution in [0.25, 0.3) is 11.1 Å². The van der Waals surface area contributed by atoms with Crippen molar-refractivity contribution >= 4 is 13.5 Å². The van der Waals surface area contributed by atoms with Crippen molar-refractivity contribution in [2.45, 2.75) is 0 Å². The van der Waals surface area contributed by atoms with Crippen LogP contribution in [-0.4, -0.2) is 22.7 Å². The average molecular weight is 215 g/mol. The fraction of sp³-hybridized carbons (Fsp3) is 0. The van der Waals surface area contributed by atoms with Crippen LogP contribution in [0.3, 0.4) is 0 Å². The van der Waals surface area contributed by atoms with E-state index in [1.165, 1.54) is 11.1 Å². The molecule has 16 heavy (non-hydrogen) atoms. The van der Waals surface area contributed by atoms with Crippen LogP contribution in [0.5, 0.6) is 0 Å². The third-order valence-electron chi connectivity index (χ3n) is 1.80. The van der Waals surface area contributed by atoms with Gasteiger partial charge in [0.2, 0.25) is 0 Å². The standard InChI is InChI=1S/C6H4.C5H6N2.BH2O2/c1-2-5-4-6(5)3-1;6-5-3-1-2-4-7-5;2-1-3/h1-4H;1-4H,(H2,6,7);2-3H. The summed E-state index contributed by atoms with van der Waals surface area (Å²) in [6.07, 6.45) is 1.66. The van der Waals surface area contributed by atoms with Crippen LogP contribution in [0.4, 0.5) is 5.82 Å². The smallest absolute Gasteiger partial charge is 0.429 e. The molecule has 0 saturated heterocycles. The Bertz CT molecular complexity index is 406. The Kier molecular flexibility index (Phi) is 5.05. The second-order valence-electron chi connectivity index (χ2n) is 2.95. The van der Waals surface area contributed by atoms with E-state index in [0.717, 1.165) is 0 Å². The van der Waals surface area contributed by atoms with Crippen molar-refractivity contribution in [2.24, 2.45) is 0 Å². The number of nitrogen functional groups attached to an aromatic ring is 1. The highest BCUT2D eigenvalue weighted by atomic mass is 16.4. The highest BCUT2D eigenvalue weighted by Crippen LogP contribution is 2.32. The molecule has 3 rings (SSSR count). The quantitative estimate of drug-likeness (QED) is 0.485. The molecule has 2 aliphatic rings. The Labute approximate surface area is 94.7 Å². The molecule has 4 N–H and O–H groups in total. The van der Waals surface area contributed by atoms with Crippen molar-refractivity contribution < 1.29 is 10.0 Å². The van der Waals surface area contributed by atoms with Crippen molar-refractivity contribution in [3.63, 3.8) is 0 Å². The maximum Gasteiger partial charge on any atom is 0.482 e. The molecule has 0 atom stereocenters. The lowest BCUT2D eigenvalue weighted by molar-refractivity contribution is 0.448. The molecular weight excluding hydrogens is 203 g/mol. The minimum absolute atomic E-state index is 0. The number of aromatic nitrogens is 1. The molecule has 1 radical (unpaired) electrons. The van der Waals surface area contributed by atoms with Crippen LogP contribution >= 0.6 is 0 Å². The number of hydrogen-bond acceptors (Lipinski definition) is 4. The number of anilines is 1. The van der Waals surface area contributed by atoms with E-state index < -0.39 is 0 Å². The van der Waals surface area contributed by atoms with Gasteiger partial charge in [-0.25, -0.2) is 4.98 Å². The molecule has 5 heteroatoms. The zero-order valence-electron chi connectivity index (χ0n) is 8.62. The van der Waals surface area contributed by atoms with Crippen LogP contribution < -0.4 is 5.73 Å². The van der Waals surface area contributed by atoms with Gasteiger partial charge in [0, 0.05) is 6.20 Å². The lowest BCUT2D eigenvalue weighted by Crippen LogP contribution is -1.85. The van der Waals surface area contributed by atoms with Crippen LogP contribution in [-0.2, 0) is 0 Å². The van der Waals surface area contributed by atoms with Gasteiger partial charge in [0.05, 0.1) is 0 Å². The van der Waals surface area contributed by atoms with E-state index >= 15 is 0 Å². The Hall–Kier alpha value is -1.85. The average Bonchev–Trinajstić information content (AvgIpc) is 2.89. The number of nitrogens with zero attached hydrogens (tertiary/aromatic N) is 1. The molecule has 2 aliphatic carbocycles. The Morgan fingerprint density at radius 3 is 1.81 bits per heavy atom. The Balaban J connectivity index is 0.000000131. The summed E-state index contributed by atoms with van der Waals surface area (Å²) in [4.78, 5) is 3.76. The second kappa shape index (κ2) is 6.60. The Morgan fingerprint density at radius 1 is 1.00 bits per heavy atom. The first-order chi connectivity index (χ1) is 7.77. The van der Waals surface area contributed by atoms with E-state index in [4.69, 9.17) is 15.8 Å². The van der Waals surface area contributed by atoms with Gasteiger partial charge in [-0.3, -0.25) is 0 Å². The first-order valence-electron chi connectivity index (χ1n) is 4.65. The van der Waals surface area contributed by atoms with Crippen molar-refractivity contribution in [1.82, 2.24) is 4.98 Å². The Morgan fingerprint density at radius 2 is 1.62 bits per heavy atom. The first-order valence-corrected chi connectivity index (χ1v) is 4.65. The summed E-state index contributed by atoms with van der Waals surface area (Å²) in [7, 11) is 0. The topological polar surface area (TPSA) is 79.4 Å². The van der Waals surface area contributed by atoms with Gasteiger partial charge in [-0.2, -0.15) is 0 Å². The molecule has 81 valence electrons. The third-order valence-corrected chi connectivity index (χ3v) is 1.80. The number of nitrogens with two attached hydrogens (primary N) is 1. The van der Waals surface area contributed by atoms with E-state index in [9.17, 15) is 0 Å². The summed E-state index contributed by atoms with van der Waals surface area (Å²) in [6.45, 7) is 0. The molecular formula is C11H12BN2O2. The van der Waals surface area contributed by atoms with E-state index in [0.29, 0.717) is 5.82 Å². The van der Waals surface area contributed by atoms with Gasteiger partial charge in [0.25, 0.3) is 0 Å². The van der Waals surface area contributed by atoms with Crippen LogP contribution in [0.1, 0.15) is 0 Å². The maximum absolute atomic E-state index is 7.00. The lowest BCUT2D eigenvalue weighted by atomic mass is 10.5.